The lowest BCUT2D eigenvalue weighted by Gasteiger charge is -2.05. The highest BCUT2D eigenvalue weighted by atomic mass is 16.3. The van der Waals surface area contributed by atoms with Gasteiger partial charge in [-0.25, -0.2) is 4.98 Å². The van der Waals surface area contributed by atoms with Crippen molar-refractivity contribution < 1.29 is 9.21 Å². The average Bonchev–Trinajstić information content (AvgIpc) is 2.84. The summed E-state index contributed by atoms with van der Waals surface area (Å²) in [6, 6.07) is 5.40. The summed E-state index contributed by atoms with van der Waals surface area (Å²) >= 11 is 0. The molecule has 0 aliphatic heterocycles. The van der Waals surface area contributed by atoms with Crippen LogP contribution >= 0.6 is 0 Å². The number of amides is 1. The molecule has 0 radical (unpaired) electrons. The number of pyridine rings is 1. The molecule has 0 aliphatic carbocycles. The number of nitrogen functional groups attached to an aromatic ring is 1. The van der Waals surface area contributed by atoms with Crippen molar-refractivity contribution in [2.24, 2.45) is 0 Å². The fraction of sp³-hybridized carbons (Fsp3) is 0.231. The largest absolute Gasteiger partial charge is 0.469 e. The summed E-state index contributed by atoms with van der Waals surface area (Å²) in [7, 11) is 0. The molecule has 0 aliphatic rings. The molecular formula is C13H15N3O2. The minimum Gasteiger partial charge on any atom is -0.469 e. The van der Waals surface area contributed by atoms with E-state index in [0.29, 0.717) is 24.3 Å². The molecule has 0 atom stereocenters. The Balaban J connectivity index is 1.88. The van der Waals surface area contributed by atoms with Crippen molar-refractivity contribution in [1.29, 1.82) is 0 Å². The highest BCUT2D eigenvalue weighted by Gasteiger charge is 2.06. The molecule has 0 saturated carbocycles. The number of furan rings is 1. The van der Waals surface area contributed by atoms with Gasteiger partial charge in [0.25, 0.3) is 0 Å². The topological polar surface area (TPSA) is 81.2 Å². The number of carbonyl (C=O) groups excluding carboxylic acids is 1. The van der Waals surface area contributed by atoms with Gasteiger partial charge in [-0.1, -0.05) is 0 Å². The summed E-state index contributed by atoms with van der Waals surface area (Å²) < 4.78 is 5.16. The van der Waals surface area contributed by atoms with E-state index in [0.717, 1.165) is 11.3 Å². The molecule has 2 rings (SSSR count). The van der Waals surface area contributed by atoms with Gasteiger partial charge in [0.1, 0.15) is 11.6 Å². The minimum atomic E-state index is -0.0944. The first-order valence-corrected chi connectivity index (χ1v) is 5.69. The molecule has 18 heavy (non-hydrogen) atoms. The summed E-state index contributed by atoms with van der Waals surface area (Å²) in [5.74, 6) is 1.22. The Kier molecular flexibility index (Phi) is 3.62. The van der Waals surface area contributed by atoms with Gasteiger partial charge in [-0.3, -0.25) is 4.79 Å². The van der Waals surface area contributed by atoms with E-state index in [2.05, 4.69) is 10.3 Å². The van der Waals surface area contributed by atoms with Gasteiger partial charge in [0.15, 0.2) is 0 Å². The quantitative estimate of drug-likeness (QED) is 0.864. The van der Waals surface area contributed by atoms with E-state index in [4.69, 9.17) is 10.2 Å². The summed E-state index contributed by atoms with van der Waals surface area (Å²) in [6.07, 6.45) is 4.07. The van der Waals surface area contributed by atoms with Crippen molar-refractivity contribution in [1.82, 2.24) is 4.98 Å². The van der Waals surface area contributed by atoms with Crippen LogP contribution in [0.3, 0.4) is 0 Å². The van der Waals surface area contributed by atoms with E-state index in [1.165, 1.54) is 6.20 Å². The fourth-order valence-corrected chi connectivity index (χ4v) is 1.53. The van der Waals surface area contributed by atoms with Crippen LogP contribution in [0.4, 0.5) is 11.5 Å². The molecule has 5 nitrogen and oxygen atoms in total. The zero-order chi connectivity index (χ0) is 13.0. The number of nitrogens with zero attached hydrogens (tertiary/aromatic N) is 1. The van der Waals surface area contributed by atoms with Crippen LogP contribution < -0.4 is 11.1 Å². The second-order valence-corrected chi connectivity index (χ2v) is 4.05. The third-order valence-electron chi connectivity index (χ3n) is 2.60. The van der Waals surface area contributed by atoms with Gasteiger partial charge in [0.2, 0.25) is 5.91 Å². The third kappa shape index (κ3) is 3.10. The molecule has 2 aromatic heterocycles. The Bertz CT molecular complexity index is 535. The summed E-state index contributed by atoms with van der Waals surface area (Å²) in [6.45, 7) is 1.87. The van der Waals surface area contributed by atoms with Crippen LogP contribution in [-0.4, -0.2) is 10.9 Å². The van der Waals surface area contributed by atoms with Gasteiger partial charge in [-0.15, -0.1) is 0 Å². The highest BCUT2D eigenvalue weighted by Crippen LogP contribution is 2.13. The Morgan fingerprint density at radius 2 is 2.39 bits per heavy atom. The Morgan fingerprint density at radius 3 is 3.06 bits per heavy atom. The van der Waals surface area contributed by atoms with Crippen molar-refractivity contribution in [2.75, 3.05) is 11.1 Å². The zero-order valence-corrected chi connectivity index (χ0v) is 10.1. The lowest BCUT2D eigenvalue weighted by molar-refractivity contribution is -0.116. The van der Waals surface area contributed by atoms with Crippen molar-refractivity contribution >= 4 is 17.4 Å². The second-order valence-electron chi connectivity index (χ2n) is 4.05. The number of rotatable bonds is 4. The van der Waals surface area contributed by atoms with Crippen molar-refractivity contribution in [3.8, 4) is 0 Å². The van der Waals surface area contributed by atoms with E-state index < -0.39 is 0 Å². The number of aromatic nitrogens is 1. The molecule has 1 amide bonds. The predicted octanol–water partition coefficient (Wildman–Crippen LogP) is 2.14. The molecule has 2 heterocycles. The molecule has 5 heteroatoms. The number of hydrogen-bond acceptors (Lipinski definition) is 4. The van der Waals surface area contributed by atoms with Crippen molar-refractivity contribution in [3.05, 3.63) is 42.0 Å². The van der Waals surface area contributed by atoms with Gasteiger partial charge in [0.05, 0.1) is 18.1 Å². The monoisotopic (exact) mass is 245 g/mol. The molecule has 0 fully saturated rings. The normalized spacial score (nSPS) is 10.3. The second kappa shape index (κ2) is 5.35. The van der Waals surface area contributed by atoms with Gasteiger partial charge < -0.3 is 15.5 Å². The standard InChI is InChI=1S/C13H15N3O2/c1-9-7-12(15-8-11(9)14)16-13(17)5-4-10-3-2-6-18-10/h2-3,6-8H,4-5,14H2,1H3,(H,15,16,17). The minimum absolute atomic E-state index is 0.0944. The molecule has 3 N–H and O–H groups in total. The average molecular weight is 245 g/mol. The van der Waals surface area contributed by atoms with Crippen LogP contribution in [0.2, 0.25) is 0 Å². The molecular weight excluding hydrogens is 230 g/mol. The molecule has 0 unspecified atom stereocenters. The first kappa shape index (κ1) is 12.2. The van der Waals surface area contributed by atoms with Crippen LogP contribution in [0.1, 0.15) is 17.7 Å². The smallest absolute Gasteiger partial charge is 0.225 e. The molecule has 0 bridgehead atoms. The Hall–Kier alpha value is -2.30. The highest BCUT2D eigenvalue weighted by molar-refractivity contribution is 5.90. The van der Waals surface area contributed by atoms with E-state index in [1.807, 2.05) is 13.0 Å². The predicted molar refractivity (Wildman–Crippen MR) is 69.0 cm³/mol. The van der Waals surface area contributed by atoms with Crippen molar-refractivity contribution in [2.45, 2.75) is 19.8 Å². The van der Waals surface area contributed by atoms with E-state index in [9.17, 15) is 4.79 Å². The molecule has 2 aromatic rings. The lowest BCUT2D eigenvalue weighted by atomic mass is 10.2. The Morgan fingerprint density at radius 1 is 1.56 bits per heavy atom. The van der Waals surface area contributed by atoms with Gasteiger partial charge in [0, 0.05) is 12.8 Å². The number of nitrogens with two attached hydrogens (primary N) is 1. The van der Waals surface area contributed by atoms with Crippen LogP contribution in [0.5, 0.6) is 0 Å². The first-order chi connectivity index (χ1) is 8.65. The zero-order valence-electron chi connectivity index (χ0n) is 10.1. The summed E-state index contributed by atoms with van der Waals surface area (Å²) in [5.41, 5.74) is 7.16. The van der Waals surface area contributed by atoms with Crippen LogP contribution in [0.25, 0.3) is 0 Å². The van der Waals surface area contributed by atoms with Crippen LogP contribution in [0, 0.1) is 6.92 Å². The number of anilines is 2. The van der Waals surface area contributed by atoms with Gasteiger partial charge in [-0.05, 0) is 30.7 Å². The number of nitrogens with one attached hydrogen (secondary N) is 1. The van der Waals surface area contributed by atoms with Crippen LogP contribution in [0.15, 0.2) is 35.1 Å². The maximum atomic E-state index is 11.7. The fourth-order valence-electron chi connectivity index (χ4n) is 1.53. The summed E-state index contributed by atoms with van der Waals surface area (Å²) in [4.78, 5) is 15.7. The van der Waals surface area contributed by atoms with Gasteiger partial charge >= 0.3 is 0 Å². The molecule has 0 aromatic carbocycles. The maximum absolute atomic E-state index is 11.7. The first-order valence-electron chi connectivity index (χ1n) is 5.69. The Labute approximate surface area is 105 Å². The molecule has 94 valence electrons. The van der Waals surface area contributed by atoms with Gasteiger partial charge in [-0.2, -0.15) is 0 Å². The lowest BCUT2D eigenvalue weighted by Crippen LogP contribution is -2.13. The SMILES string of the molecule is Cc1cc(NC(=O)CCc2ccco2)ncc1N. The third-order valence-corrected chi connectivity index (χ3v) is 2.60. The van der Waals surface area contributed by atoms with Crippen molar-refractivity contribution in [3.63, 3.8) is 0 Å². The number of aryl methyl sites for hydroxylation is 2. The van der Waals surface area contributed by atoms with Crippen LogP contribution in [-0.2, 0) is 11.2 Å². The molecule has 0 spiro atoms. The van der Waals surface area contributed by atoms with E-state index in [-0.39, 0.29) is 5.91 Å². The maximum Gasteiger partial charge on any atom is 0.225 e. The molecule has 0 saturated heterocycles. The number of hydrogen-bond donors (Lipinski definition) is 2. The van der Waals surface area contributed by atoms with E-state index >= 15 is 0 Å². The van der Waals surface area contributed by atoms with E-state index in [1.54, 1.807) is 18.4 Å². The summed E-state index contributed by atoms with van der Waals surface area (Å²) in [5, 5.41) is 2.73. The number of carbonyl (C=O) groups is 1.